The van der Waals surface area contributed by atoms with Crippen LogP contribution in [0.15, 0.2) is 43.5 Å². The third-order valence-electron chi connectivity index (χ3n) is 1.42. The lowest BCUT2D eigenvalue weighted by molar-refractivity contribution is 0.0989. The molecule has 70 valence electrons. The summed E-state index contributed by atoms with van der Waals surface area (Å²) >= 11 is 5.43. The lowest BCUT2D eigenvalue weighted by atomic mass is 10.1. The molecule has 0 bridgehead atoms. The third-order valence-corrected chi connectivity index (χ3v) is 1.61. The molecular formula is C11H13ClO. The molecule has 0 unspecified atom stereocenters. The maximum Gasteiger partial charge on any atom is 0.164 e. The van der Waals surface area contributed by atoms with E-state index in [9.17, 15) is 4.79 Å². The monoisotopic (exact) mass is 196 g/mol. The molecule has 0 fully saturated rings. The number of Topliss-reactive ketones (excluding diaryl/α,β-unsaturated/α-hetero) is 1. The van der Waals surface area contributed by atoms with Crippen LogP contribution in [0.25, 0.3) is 0 Å². The highest BCUT2D eigenvalue weighted by molar-refractivity contribution is 6.19. The van der Waals surface area contributed by atoms with Gasteiger partial charge in [-0.15, -0.1) is 24.8 Å². The molecule has 1 aromatic carbocycles. The van der Waals surface area contributed by atoms with Crippen molar-refractivity contribution in [1.82, 2.24) is 0 Å². The zero-order valence-corrected chi connectivity index (χ0v) is 8.26. The maximum absolute atomic E-state index is 11.2. The van der Waals surface area contributed by atoms with Gasteiger partial charge in [-0.2, -0.15) is 0 Å². The first kappa shape index (κ1) is 11.9. The number of benzene rings is 1. The normalized spacial score (nSPS) is 8.38. The van der Waals surface area contributed by atoms with E-state index >= 15 is 0 Å². The fourth-order valence-electron chi connectivity index (χ4n) is 0.854. The lowest BCUT2D eigenvalue weighted by Gasteiger charge is -1.95. The number of ketones is 1. The van der Waals surface area contributed by atoms with Crippen molar-refractivity contribution >= 4 is 17.4 Å². The Kier molecular flexibility index (Phi) is 6.93. The van der Waals surface area contributed by atoms with Gasteiger partial charge in [0.25, 0.3) is 0 Å². The van der Waals surface area contributed by atoms with Crippen LogP contribution in [-0.2, 0) is 0 Å². The Morgan fingerprint density at radius 1 is 1.23 bits per heavy atom. The van der Waals surface area contributed by atoms with Crippen LogP contribution in [0, 0.1) is 0 Å². The summed E-state index contributed by atoms with van der Waals surface area (Å²) in [6.45, 7) is 6.00. The van der Waals surface area contributed by atoms with Gasteiger partial charge in [0.15, 0.2) is 5.78 Å². The first-order valence-corrected chi connectivity index (χ1v) is 4.52. The quantitative estimate of drug-likeness (QED) is 0.412. The van der Waals surface area contributed by atoms with E-state index in [0.717, 1.165) is 5.56 Å². The topological polar surface area (TPSA) is 17.1 Å². The number of hydrogen-bond acceptors (Lipinski definition) is 1. The number of carbonyl (C=O) groups excluding carboxylic acids is 1. The molecule has 13 heavy (non-hydrogen) atoms. The molecule has 0 atom stereocenters. The van der Waals surface area contributed by atoms with Gasteiger partial charge in [-0.25, -0.2) is 0 Å². The number of alkyl halides is 1. The molecule has 0 aliphatic rings. The van der Waals surface area contributed by atoms with Gasteiger partial charge in [0.1, 0.15) is 0 Å². The highest BCUT2D eigenvalue weighted by Crippen LogP contribution is 2.02. The molecule has 0 radical (unpaired) electrons. The molecule has 0 aliphatic carbocycles. The number of carbonyl (C=O) groups is 1. The van der Waals surface area contributed by atoms with Gasteiger partial charge < -0.3 is 0 Å². The minimum Gasteiger partial charge on any atom is -0.294 e. The number of halogens is 1. The van der Waals surface area contributed by atoms with Crippen LogP contribution in [0.1, 0.15) is 16.8 Å². The predicted molar refractivity (Wildman–Crippen MR) is 57.4 cm³/mol. The second kappa shape index (κ2) is 7.56. The molecular weight excluding hydrogens is 184 g/mol. The Morgan fingerprint density at radius 3 is 2.23 bits per heavy atom. The average Bonchev–Trinajstić information content (AvgIpc) is 2.23. The fraction of sp³-hybridized carbons (Fsp3) is 0.182. The highest BCUT2D eigenvalue weighted by Gasteiger charge is 2.01. The maximum atomic E-state index is 11.2. The van der Waals surface area contributed by atoms with E-state index < -0.39 is 0 Å². The van der Waals surface area contributed by atoms with Crippen molar-refractivity contribution in [2.75, 3.05) is 5.88 Å². The second-order valence-electron chi connectivity index (χ2n) is 2.23. The summed E-state index contributed by atoms with van der Waals surface area (Å²) in [5.41, 5.74) is 0.744. The SMILES string of the molecule is C=C.O=C(CCCl)c1ccccc1. The fourth-order valence-corrected chi connectivity index (χ4v) is 1.03. The molecule has 0 N–H and O–H groups in total. The zero-order valence-electron chi connectivity index (χ0n) is 7.50. The van der Waals surface area contributed by atoms with Gasteiger partial charge >= 0.3 is 0 Å². The summed E-state index contributed by atoms with van der Waals surface area (Å²) in [5.74, 6) is 0.508. The van der Waals surface area contributed by atoms with Gasteiger partial charge in [0.05, 0.1) is 0 Å². The molecule has 0 saturated heterocycles. The summed E-state index contributed by atoms with van der Waals surface area (Å²) in [4.78, 5) is 11.2. The minimum absolute atomic E-state index is 0.112. The van der Waals surface area contributed by atoms with Crippen LogP contribution in [-0.4, -0.2) is 11.7 Å². The van der Waals surface area contributed by atoms with Crippen molar-refractivity contribution in [2.45, 2.75) is 6.42 Å². The van der Waals surface area contributed by atoms with E-state index in [1.807, 2.05) is 18.2 Å². The van der Waals surface area contributed by atoms with Crippen LogP contribution in [0.4, 0.5) is 0 Å². The van der Waals surface area contributed by atoms with Crippen molar-refractivity contribution in [2.24, 2.45) is 0 Å². The van der Waals surface area contributed by atoms with Gasteiger partial charge in [0.2, 0.25) is 0 Å². The lowest BCUT2D eigenvalue weighted by Crippen LogP contribution is -1.98. The molecule has 0 heterocycles. The summed E-state index contributed by atoms with van der Waals surface area (Å²) in [5, 5.41) is 0. The molecule has 0 saturated carbocycles. The number of hydrogen-bond donors (Lipinski definition) is 0. The van der Waals surface area contributed by atoms with Crippen LogP contribution in [0.3, 0.4) is 0 Å². The van der Waals surface area contributed by atoms with Crippen molar-refractivity contribution in [1.29, 1.82) is 0 Å². The predicted octanol–water partition coefficient (Wildman–Crippen LogP) is 3.30. The number of rotatable bonds is 3. The Balaban J connectivity index is 0.000000671. The van der Waals surface area contributed by atoms with E-state index in [1.54, 1.807) is 12.1 Å². The molecule has 2 heteroatoms. The van der Waals surface area contributed by atoms with Crippen LogP contribution >= 0.6 is 11.6 Å². The molecule has 1 nitrogen and oxygen atoms in total. The van der Waals surface area contributed by atoms with Crippen LogP contribution in [0.2, 0.25) is 0 Å². The van der Waals surface area contributed by atoms with E-state index in [-0.39, 0.29) is 5.78 Å². The van der Waals surface area contributed by atoms with E-state index in [0.29, 0.717) is 12.3 Å². The Morgan fingerprint density at radius 2 is 1.77 bits per heavy atom. The summed E-state index contributed by atoms with van der Waals surface area (Å²) in [7, 11) is 0. The summed E-state index contributed by atoms with van der Waals surface area (Å²) < 4.78 is 0. The molecule has 0 amide bonds. The third kappa shape index (κ3) is 4.48. The molecule has 0 aliphatic heterocycles. The Bertz CT molecular complexity index is 244. The first-order valence-electron chi connectivity index (χ1n) is 3.99. The highest BCUT2D eigenvalue weighted by atomic mass is 35.5. The standard InChI is InChI=1S/C9H9ClO.C2H4/c10-7-6-9(11)8-4-2-1-3-5-8;1-2/h1-5H,6-7H2;1-2H2. The van der Waals surface area contributed by atoms with Gasteiger partial charge in [-0.1, -0.05) is 30.3 Å². The van der Waals surface area contributed by atoms with E-state index in [2.05, 4.69) is 13.2 Å². The van der Waals surface area contributed by atoms with E-state index in [4.69, 9.17) is 11.6 Å². The Labute approximate surface area is 84.0 Å². The van der Waals surface area contributed by atoms with Crippen molar-refractivity contribution in [3.05, 3.63) is 49.1 Å². The summed E-state index contributed by atoms with van der Waals surface area (Å²) in [6.07, 6.45) is 0.422. The zero-order chi connectivity index (χ0) is 10.1. The minimum atomic E-state index is 0.112. The van der Waals surface area contributed by atoms with Crippen LogP contribution in [0.5, 0.6) is 0 Å². The summed E-state index contributed by atoms with van der Waals surface area (Å²) in [6, 6.07) is 9.18. The van der Waals surface area contributed by atoms with E-state index in [1.165, 1.54) is 0 Å². The Hall–Kier alpha value is -1.08. The van der Waals surface area contributed by atoms with Crippen molar-refractivity contribution < 1.29 is 4.79 Å². The molecule has 0 aromatic heterocycles. The smallest absolute Gasteiger partial charge is 0.164 e. The first-order chi connectivity index (χ1) is 6.34. The molecule has 1 aromatic rings. The van der Waals surface area contributed by atoms with Crippen molar-refractivity contribution in [3.63, 3.8) is 0 Å². The van der Waals surface area contributed by atoms with Gasteiger partial charge in [0, 0.05) is 17.9 Å². The van der Waals surface area contributed by atoms with Gasteiger partial charge in [-0.05, 0) is 0 Å². The molecule has 0 spiro atoms. The van der Waals surface area contributed by atoms with Crippen molar-refractivity contribution in [3.8, 4) is 0 Å². The second-order valence-corrected chi connectivity index (χ2v) is 2.61. The average molecular weight is 197 g/mol. The van der Waals surface area contributed by atoms with Gasteiger partial charge in [-0.3, -0.25) is 4.79 Å². The molecule has 1 rings (SSSR count). The largest absolute Gasteiger partial charge is 0.294 e. The van der Waals surface area contributed by atoms with Crippen LogP contribution < -0.4 is 0 Å².